The molecule has 36 heavy (non-hydrogen) atoms. The Morgan fingerprint density at radius 1 is 1.00 bits per heavy atom. The van der Waals surface area contributed by atoms with Gasteiger partial charge in [-0.1, -0.05) is 24.6 Å². The Labute approximate surface area is 213 Å². The van der Waals surface area contributed by atoms with Gasteiger partial charge in [0.05, 0.1) is 23.2 Å². The second kappa shape index (κ2) is 11.5. The second-order valence-electron chi connectivity index (χ2n) is 8.89. The number of carbonyl (C=O) groups is 2. The van der Waals surface area contributed by atoms with Crippen LogP contribution < -0.4 is 21.5 Å². The van der Waals surface area contributed by atoms with E-state index in [0.29, 0.717) is 29.2 Å². The van der Waals surface area contributed by atoms with E-state index in [1.807, 2.05) is 6.92 Å². The summed E-state index contributed by atoms with van der Waals surface area (Å²) in [5, 5.41) is 9.47. The number of nitrogens with one attached hydrogen (secondary N) is 3. The van der Waals surface area contributed by atoms with E-state index >= 15 is 0 Å². The molecule has 0 saturated heterocycles. The van der Waals surface area contributed by atoms with Gasteiger partial charge in [0.1, 0.15) is 5.82 Å². The molecule has 3 atom stereocenters. The third-order valence-corrected chi connectivity index (χ3v) is 6.59. The lowest BCUT2D eigenvalue weighted by atomic mass is 9.94. The molecule has 0 spiro atoms. The molecule has 3 unspecified atom stereocenters. The average Bonchev–Trinajstić information content (AvgIpc) is 3.30. The van der Waals surface area contributed by atoms with Gasteiger partial charge in [0.15, 0.2) is 0 Å². The van der Waals surface area contributed by atoms with Gasteiger partial charge in [-0.25, -0.2) is 4.39 Å². The molecule has 0 bridgehead atoms. The summed E-state index contributed by atoms with van der Waals surface area (Å²) in [6.07, 6.45) is 3.43. The van der Waals surface area contributed by atoms with Crippen molar-refractivity contribution in [1.29, 1.82) is 0 Å². The molecule has 2 amide bonds. The van der Waals surface area contributed by atoms with Crippen LogP contribution in [0.2, 0.25) is 5.02 Å². The van der Waals surface area contributed by atoms with E-state index in [1.54, 1.807) is 48.7 Å². The first-order chi connectivity index (χ1) is 17.4. The van der Waals surface area contributed by atoms with Crippen LogP contribution in [0.15, 0.2) is 71.7 Å². The van der Waals surface area contributed by atoms with E-state index in [1.165, 1.54) is 22.8 Å². The van der Waals surface area contributed by atoms with Crippen LogP contribution in [0.25, 0.3) is 5.69 Å². The Kier molecular flexibility index (Phi) is 8.18. The van der Waals surface area contributed by atoms with Crippen molar-refractivity contribution in [3.8, 4) is 5.69 Å². The van der Waals surface area contributed by atoms with Crippen molar-refractivity contribution in [3.05, 3.63) is 88.1 Å². The molecule has 1 heterocycles. The van der Waals surface area contributed by atoms with Gasteiger partial charge < -0.3 is 16.0 Å². The molecule has 1 saturated carbocycles. The number of hydrogen-bond acceptors (Lipinski definition) is 4. The fourth-order valence-electron chi connectivity index (χ4n) is 4.52. The molecule has 0 radical (unpaired) electrons. The largest absolute Gasteiger partial charge is 0.326 e. The van der Waals surface area contributed by atoms with Gasteiger partial charge in [0.2, 0.25) is 11.8 Å². The van der Waals surface area contributed by atoms with Crippen molar-refractivity contribution in [2.24, 2.45) is 11.8 Å². The summed E-state index contributed by atoms with van der Waals surface area (Å²) in [7, 11) is 0. The highest BCUT2D eigenvalue weighted by atomic mass is 35.5. The lowest BCUT2D eigenvalue weighted by molar-refractivity contribution is -0.128. The first kappa shape index (κ1) is 25.6. The summed E-state index contributed by atoms with van der Waals surface area (Å²) in [5.41, 5.74) is 0.640. The average molecular weight is 511 g/mol. The fraction of sp³-hybridized carbons (Fsp3) is 0.296. The quantitative estimate of drug-likeness (QED) is 0.413. The molecular formula is C27H28ClFN4O3. The number of aromatic nitrogens is 1. The van der Waals surface area contributed by atoms with Crippen LogP contribution in [-0.2, 0) is 9.59 Å². The highest BCUT2D eigenvalue weighted by Gasteiger charge is 2.42. The minimum atomic E-state index is -0.669. The zero-order valence-electron chi connectivity index (χ0n) is 19.8. The fourth-order valence-corrected chi connectivity index (χ4v) is 4.65. The van der Waals surface area contributed by atoms with E-state index in [0.717, 1.165) is 13.0 Å². The standard InChI is InChI=1S/C27H28ClFN4O3/c1-2-12-30-19-14-21(26(35)31-18-8-6-17(28)7-9-18)22(15-19)27(36)32-24-11-10-20(16-23(24)29)33-13-4-3-5-25(33)34/h3-11,13,16,19,21-22,30H,2,12,14-15H2,1H3,(H,31,35)(H,32,36). The molecule has 1 aliphatic rings. The lowest BCUT2D eigenvalue weighted by Gasteiger charge is -2.19. The number of amides is 2. The molecule has 9 heteroatoms. The number of carbonyl (C=O) groups excluding carboxylic acids is 2. The number of pyridine rings is 1. The molecule has 0 aliphatic heterocycles. The molecule has 3 aromatic rings. The van der Waals surface area contributed by atoms with Crippen molar-refractivity contribution in [3.63, 3.8) is 0 Å². The number of anilines is 2. The summed E-state index contributed by atoms with van der Waals surface area (Å²) < 4.78 is 16.2. The number of halogens is 2. The van der Waals surface area contributed by atoms with Crippen LogP contribution in [0.1, 0.15) is 26.2 Å². The Hall–Kier alpha value is -3.49. The summed E-state index contributed by atoms with van der Waals surface area (Å²) in [4.78, 5) is 38.4. The highest BCUT2D eigenvalue weighted by molar-refractivity contribution is 6.30. The topological polar surface area (TPSA) is 92.2 Å². The Balaban J connectivity index is 1.50. The Bertz CT molecular complexity index is 1290. The molecule has 3 N–H and O–H groups in total. The lowest BCUT2D eigenvalue weighted by Crippen LogP contribution is -2.33. The summed E-state index contributed by atoms with van der Waals surface area (Å²) >= 11 is 5.93. The van der Waals surface area contributed by atoms with Crippen LogP contribution >= 0.6 is 11.6 Å². The van der Waals surface area contributed by atoms with E-state index in [4.69, 9.17) is 11.6 Å². The zero-order valence-corrected chi connectivity index (χ0v) is 20.6. The van der Waals surface area contributed by atoms with Gasteiger partial charge >= 0.3 is 0 Å². The molecule has 4 rings (SSSR count). The van der Waals surface area contributed by atoms with E-state index in [2.05, 4.69) is 16.0 Å². The maximum atomic E-state index is 14.9. The number of benzene rings is 2. The van der Waals surface area contributed by atoms with Crippen LogP contribution in [0.5, 0.6) is 0 Å². The van der Waals surface area contributed by atoms with Crippen molar-refractivity contribution in [2.75, 3.05) is 17.2 Å². The third-order valence-electron chi connectivity index (χ3n) is 6.34. The van der Waals surface area contributed by atoms with Gasteiger partial charge in [-0.05, 0) is 68.3 Å². The van der Waals surface area contributed by atoms with Gasteiger partial charge in [0.25, 0.3) is 5.56 Å². The number of nitrogens with zero attached hydrogens (tertiary/aromatic N) is 1. The molecule has 188 valence electrons. The zero-order chi connectivity index (χ0) is 25.7. The molecule has 1 aromatic heterocycles. The molecular weight excluding hydrogens is 483 g/mol. The van der Waals surface area contributed by atoms with Crippen LogP contribution in [0, 0.1) is 17.7 Å². The summed E-state index contributed by atoms with van der Waals surface area (Å²) in [5.74, 6) is -2.58. The van der Waals surface area contributed by atoms with Crippen molar-refractivity contribution in [1.82, 2.24) is 9.88 Å². The first-order valence-corrected chi connectivity index (χ1v) is 12.3. The second-order valence-corrected chi connectivity index (χ2v) is 9.33. The van der Waals surface area contributed by atoms with Gasteiger partial charge in [0, 0.05) is 35.1 Å². The monoisotopic (exact) mass is 510 g/mol. The highest BCUT2D eigenvalue weighted by Crippen LogP contribution is 2.35. The summed E-state index contributed by atoms with van der Waals surface area (Å²) in [6.45, 7) is 2.83. The minimum absolute atomic E-state index is 0.00107. The van der Waals surface area contributed by atoms with Crippen LogP contribution in [0.4, 0.5) is 15.8 Å². The maximum Gasteiger partial charge on any atom is 0.255 e. The predicted octanol–water partition coefficient (Wildman–Crippen LogP) is 4.60. The Morgan fingerprint density at radius 3 is 2.33 bits per heavy atom. The van der Waals surface area contributed by atoms with Gasteiger partial charge in [-0.15, -0.1) is 0 Å². The van der Waals surface area contributed by atoms with Crippen LogP contribution in [0.3, 0.4) is 0 Å². The van der Waals surface area contributed by atoms with Crippen molar-refractivity contribution < 1.29 is 14.0 Å². The van der Waals surface area contributed by atoms with E-state index in [-0.39, 0.29) is 23.2 Å². The summed E-state index contributed by atoms with van der Waals surface area (Å²) in [6, 6.07) is 15.6. The predicted molar refractivity (Wildman–Crippen MR) is 139 cm³/mol. The van der Waals surface area contributed by atoms with Crippen molar-refractivity contribution in [2.45, 2.75) is 32.2 Å². The smallest absolute Gasteiger partial charge is 0.255 e. The van der Waals surface area contributed by atoms with Crippen LogP contribution in [-0.4, -0.2) is 29.0 Å². The SMILES string of the molecule is CCCNC1CC(C(=O)Nc2ccc(Cl)cc2)C(C(=O)Nc2ccc(-n3ccccc3=O)cc2F)C1. The van der Waals surface area contributed by atoms with E-state index < -0.39 is 23.6 Å². The first-order valence-electron chi connectivity index (χ1n) is 11.9. The van der Waals surface area contributed by atoms with Gasteiger partial charge in [-0.3, -0.25) is 19.0 Å². The number of rotatable bonds is 8. The Morgan fingerprint density at radius 2 is 1.69 bits per heavy atom. The maximum absolute atomic E-state index is 14.9. The normalized spacial score (nSPS) is 19.1. The van der Waals surface area contributed by atoms with Gasteiger partial charge in [-0.2, -0.15) is 0 Å². The molecule has 1 fully saturated rings. The van der Waals surface area contributed by atoms with Crippen molar-refractivity contribution >= 4 is 34.8 Å². The molecule has 2 aromatic carbocycles. The molecule has 7 nitrogen and oxygen atoms in total. The molecule has 1 aliphatic carbocycles. The minimum Gasteiger partial charge on any atom is -0.326 e. The van der Waals surface area contributed by atoms with E-state index in [9.17, 15) is 18.8 Å². The third kappa shape index (κ3) is 6.01. The number of hydrogen-bond donors (Lipinski definition) is 3.